The van der Waals surface area contributed by atoms with E-state index in [1.807, 2.05) is 18.2 Å². The van der Waals surface area contributed by atoms with Crippen LogP contribution in [0.4, 0.5) is 0 Å². The van der Waals surface area contributed by atoms with Gasteiger partial charge in [0.1, 0.15) is 16.1 Å². The highest BCUT2D eigenvalue weighted by Crippen LogP contribution is 2.31. The van der Waals surface area contributed by atoms with Crippen molar-refractivity contribution < 1.29 is 4.74 Å². The van der Waals surface area contributed by atoms with Gasteiger partial charge in [0, 0.05) is 10.5 Å². The molecular weight excluding hydrogens is 327 g/mol. The van der Waals surface area contributed by atoms with Crippen molar-refractivity contribution in [2.24, 2.45) is 0 Å². The SMILES string of the molecule is COc1ccc(Br)cc1-c1nc(Cl)cc(Cl)n1. The molecule has 1 heterocycles. The van der Waals surface area contributed by atoms with Gasteiger partial charge >= 0.3 is 0 Å². The molecule has 0 fully saturated rings. The topological polar surface area (TPSA) is 35.0 Å². The van der Waals surface area contributed by atoms with Gasteiger partial charge in [0.15, 0.2) is 5.82 Å². The zero-order valence-electron chi connectivity index (χ0n) is 8.75. The van der Waals surface area contributed by atoms with E-state index in [1.165, 1.54) is 6.07 Å². The van der Waals surface area contributed by atoms with Gasteiger partial charge in [0.25, 0.3) is 0 Å². The lowest BCUT2D eigenvalue weighted by molar-refractivity contribution is 0.416. The van der Waals surface area contributed by atoms with Gasteiger partial charge < -0.3 is 4.74 Å². The summed E-state index contributed by atoms with van der Waals surface area (Å²) >= 11 is 15.1. The fraction of sp³-hybridized carbons (Fsp3) is 0.0909. The summed E-state index contributed by atoms with van der Waals surface area (Å²) < 4.78 is 6.14. The van der Waals surface area contributed by atoms with Crippen LogP contribution < -0.4 is 4.74 Å². The molecule has 0 bridgehead atoms. The quantitative estimate of drug-likeness (QED) is 0.772. The number of ether oxygens (including phenoxy) is 1. The van der Waals surface area contributed by atoms with Gasteiger partial charge in [0.05, 0.1) is 12.7 Å². The van der Waals surface area contributed by atoms with Crippen LogP contribution in [0.1, 0.15) is 0 Å². The van der Waals surface area contributed by atoms with Crippen molar-refractivity contribution in [3.8, 4) is 17.1 Å². The molecular formula is C11H7BrCl2N2O. The molecule has 0 saturated heterocycles. The molecule has 0 amide bonds. The Bertz CT molecular complexity index is 543. The van der Waals surface area contributed by atoms with Crippen LogP contribution in [0.3, 0.4) is 0 Å². The van der Waals surface area contributed by atoms with Crippen LogP contribution in [-0.4, -0.2) is 17.1 Å². The van der Waals surface area contributed by atoms with E-state index in [0.29, 0.717) is 21.9 Å². The van der Waals surface area contributed by atoms with Gasteiger partial charge in [-0.3, -0.25) is 0 Å². The number of benzene rings is 1. The lowest BCUT2D eigenvalue weighted by Crippen LogP contribution is -1.94. The van der Waals surface area contributed by atoms with Gasteiger partial charge in [0.2, 0.25) is 0 Å². The van der Waals surface area contributed by atoms with Crippen molar-refractivity contribution in [3.63, 3.8) is 0 Å². The highest BCUT2D eigenvalue weighted by molar-refractivity contribution is 9.10. The van der Waals surface area contributed by atoms with Crippen LogP contribution in [-0.2, 0) is 0 Å². The third-order valence-corrected chi connectivity index (χ3v) is 2.95. The molecule has 3 nitrogen and oxygen atoms in total. The van der Waals surface area contributed by atoms with E-state index < -0.39 is 0 Å². The Kier molecular flexibility index (Phi) is 3.86. The predicted octanol–water partition coefficient (Wildman–Crippen LogP) is 4.22. The molecule has 0 unspecified atom stereocenters. The first-order valence-corrected chi connectivity index (χ1v) is 6.19. The molecule has 2 aromatic rings. The number of hydrogen-bond acceptors (Lipinski definition) is 3. The monoisotopic (exact) mass is 332 g/mol. The van der Waals surface area contributed by atoms with Gasteiger partial charge in [-0.1, -0.05) is 39.1 Å². The largest absolute Gasteiger partial charge is 0.496 e. The Morgan fingerprint density at radius 2 is 1.76 bits per heavy atom. The fourth-order valence-electron chi connectivity index (χ4n) is 1.37. The van der Waals surface area contributed by atoms with Crippen LogP contribution in [0, 0.1) is 0 Å². The third-order valence-electron chi connectivity index (χ3n) is 2.07. The maximum atomic E-state index is 5.85. The highest BCUT2D eigenvalue weighted by Gasteiger charge is 2.11. The number of methoxy groups -OCH3 is 1. The molecule has 2 rings (SSSR count). The number of nitrogens with zero attached hydrogens (tertiary/aromatic N) is 2. The van der Waals surface area contributed by atoms with Crippen molar-refractivity contribution in [1.82, 2.24) is 9.97 Å². The van der Waals surface area contributed by atoms with E-state index in [0.717, 1.165) is 10.0 Å². The minimum Gasteiger partial charge on any atom is -0.496 e. The van der Waals surface area contributed by atoms with Crippen molar-refractivity contribution in [1.29, 1.82) is 0 Å². The molecule has 0 radical (unpaired) electrons. The maximum absolute atomic E-state index is 5.85. The molecule has 0 aliphatic rings. The maximum Gasteiger partial charge on any atom is 0.166 e. The Balaban J connectivity index is 2.62. The summed E-state index contributed by atoms with van der Waals surface area (Å²) in [6, 6.07) is 7.02. The second-order valence-electron chi connectivity index (χ2n) is 3.18. The smallest absolute Gasteiger partial charge is 0.166 e. The second kappa shape index (κ2) is 5.21. The molecule has 0 aliphatic heterocycles. The third kappa shape index (κ3) is 2.89. The highest BCUT2D eigenvalue weighted by atomic mass is 79.9. The molecule has 0 aliphatic carbocycles. The van der Waals surface area contributed by atoms with Gasteiger partial charge in [-0.2, -0.15) is 0 Å². The summed E-state index contributed by atoms with van der Waals surface area (Å²) in [5.74, 6) is 1.09. The number of halogens is 3. The van der Waals surface area contributed by atoms with Crippen molar-refractivity contribution in [2.45, 2.75) is 0 Å². The zero-order valence-corrected chi connectivity index (χ0v) is 11.8. The minimum atomic E-state index is 0.294. The van der Waals surface area contributed by atoms with E-state index in [9.17, 15) is 0 Å². The molecule has 0 N–H and O–H groups in total. The first-order valence-electron chi connectivity index (χ1n) is 4.64. The molecule has 0 saturated carbocycles. The second-order valence-corrected chi connectivity index (χ2v) is 4.87. The van der Waals surface area contributed by atoms with Gasteiger partial charge in [-0.05, 0) is 18.2 Å². The molecule has 88 valence electrons. The van der Waals surface area contributed by atoms with Crippen molar-refractivity contribution >= 4 is 39.1 Å². The van der Waals surface area contributed by atoms with Crippen LogP contribution >= 0.6 is 39.1 Å². The molecule has 0 atom stereocenters. The van der Waals surface area contributed by atoms with Crippen LogP contribution in [0.15, 0.2) is 28.7 Å². The van der Waals surface area contributed by atoms with E-state index in [1.54, 1.807) is 7.11 Å². The van der Waals surface area contributed by atoms with E-state index in [-0.39, 0.29) is 0 Å². The fourth-order valence-corrected chi connectivity index (χ4v) is 2.15. The average Bonchev–Trinajstić information content (AvgIpc) is 2.27. The number of rotatable bonds is 2. The van der Waals surface area contributed by atoms with Crippen LogP contribution in [0.5, 0.6) is 5.75 Å². The number of hydrogen-bond donors (Lipinski definition) is 0. The Labute approximate surface area is 117 Å². The zero-order chi connectivity index (χ0) is 12.4. The van der Waals surface area contributed by atoms with Gasteiger partial charge in [-0.25, -0.2) is 9.97 Å². The summed E-state index contributed by atoms with van der Waals surface area (Å²) in [6.45, 7) is 0. The average molecular weight is 334 g/mol. The van der Waals surface area contributed by atoms with Crippen LogP contribution in [0.2, 0.25) is 10.3 Å². The minimum absolute atomic E-state index is 0.294. The molecule has 1 aromatic carbocycles. The number of aromatic nitrogens is 2. The van der Waals surface area contributed by atoms with Crippen molar-refractivity contribution in [2.75, 3.05) is 7.11 Å². The normalized spacial score (nSPS) is 10.4. The summed E-state index contributed by atoms with van der Waals surface area (Å²) in [4.78, 5) is 8.25. The first-order chi connectivity index (χ1) is 8.10. The molecule has 17 heavy (non-hydrogen) atoms. The summed E-state index contributed by atoms with van der Waals surface area (Å²) in [6.07, 6.45) is 0. The predicted molar refractivity (Wildman–Crippen MR) is 71.7 cm³/mol. The first kappa shape index (κ1) is 12.6. The van der Waals surface area contributed by atoms with Crippen molar-refractivity contribution in [3.05, 3.63) is 39.0 Å². The van der Waals surface area contributed by atoms with Gasteiger partial charge in [-0.15, -0.1) is 0 Å². The Morgan fingerprint density at radius 3 is 2.35 bits per heavy atom. The van der Waals surface area contributed by atoms with E-state index in [2.05, 4.69) is 25.9 Å². The Hall–Kier alpha value is -0.840. The molecule has 6 heteroatoms. The lowest BCUT2D eigenvalue weighted by atomic mass is 10.2. The lowest BCUT2D eigenvalue weighted by Gasteiger charge is -2.08. The summed E-state index contributed by atoms with van der Waals surface area (Å²) in [7, 11) is 1.58. The standard InChI is InChI=1S/C11H7BrCl2N2O/c1-17-8-3-2-6(12)4-7(8)11-15-9(13)5-10(14)16-11/h2-5H,1H3. The van der Waals surface area contributed by atoms with Crippen LogP contribution in [0.25, 0.3) is 11.4 Å². The Morgan fingerprint density at radius 1 is 1.12 bits per heavy atom. The van der Waals surface area contributed by atoms with E-state index >= 15 is 0 Å². The molecule has 1 aromatic heterocycles. The molecule has 0 spiro atoms. The van der Waals surface area contributed by atoms with E-state index in [4.69, 9.17) is 27.9 Å². The summed E-state index contributed by atoms with van der Waals surface area (Å²) in [5.41, 5.74) is 0.728. The summed E-state index contributed by atoms with van der Waals surface area (Å²) in [5, 5.41) is 0.587.